The molecule has 2 aromatic rings. The van der Waals surface area contributed by atoms with E-state index < -0.39 is 60.1 Å². The van der Waals surface area contributed by atoms with E-state index in [1.807, 2.05) is 52.0 Å². The number of fused-ring (bicyclic) bond motifs is 4. The molecule has 0 amide bonds. The lowest BCUT2D eigenvalue weighted by atomic mass is 9.97. The third-order valence-electron chi connectivity index (χ3n) is 11.9. The SMILES string of the molecule is CCCCc1cc(O)c2c(c1)C=CC[C@@H]1OC(C)(C)O[C@@H]1C(O)/C=C\[C@@H](C)[C@H](C)OC2=O.C[C@@H]1/C=C\C(=O)[C@H]2OC(C)(C)O[C@H]2C/C=C/c2cc(CCCO)cc(O)c2C(=O)O[C@H]1C. The van der Waals surface area contributed by atoms with Crippen LogP contribution in [0.15, 0.2) is 60.7 Å². The van der Waals surface area contributed by atoms with Crippen molar-refractivity contribution in [2.45, 2.75) is 162 Å². The van der Waals surface area contributed by atoms with Crippen LogP contribution in [-0.4, -0.2) is 99.1 Å². The van der Waals surface area contributed by atoms with E-state index in [1.54, 1.807) is 64.1 Å². The van der Waals surface area contributed by atoms with Crippen LogP contribution in [0.5, 0.6) is 11.5 Å². The zero-order valence-corrected chi connectivity index (χ0v) is 38.7. The van der Waals surface area contributed by atoms with Crippen LogP contribution in [0.3, 0.4) is 0 Å². The van der Waals surface area contributed by atoms with Gasteiger partial charge in [-0.3, -0.25) is 4.79 Å². The van der Waals surface area contributed by atoms with Gasteiger partial charge in [0.1, 0.15) is 53.1 Å². The first-order valence-electron chi connectivity index (χ1n) is 22.6. The molecule has 2 fully saturated rings. The Hall–Kier alpha value is -4.63. The molecule has 350 valence electrons. The molecule has 0 aromatic heterocycles. The Morgan fingerprint density at radius 3 is 1.69 bits per heavy atom. The standard InChI is InChI=1S/C26H36O6.C25H32O7/c1-6-7-9-18-14-19-10-8-11-22-24(32-26(4,5)31-22)20(27)13-12-16(2)17(3)30-25(29)23(19)21(28)15-18;1-15-10-11-19(27)23-21(31-25(3,4)32-23)9-5-8-18-13-17(7-6-12-26)14-20(28)22(18)24(29)30-16(15)2/h8,10,12-17,20,22,24,27-28H,6-7,9,11H2,1-5H3;5,8,10-11,13-16,21,23,26,28H,6-7,9,12H2,1-4H3/b10-8?,13-12-;8-5+,11-10-/t16-,17+,20?,22+,24-;15-,16+,21+,23-/m11/s1. The van der Waals surface area contributed by atoms with Gasteiger partial charge in [-0.1, -0.05) is 81.9 Å². The summed E-state index contributed by atoms with van der Waals surface area (Å²) in [4.78, 5) is 38.7. The van der Waals surface area contributed by atoms with E-state index in [9.17, 15) is 29.7 Å². The monoisotopic (exact) mass is 888 g/mol. The van der Waals surface area contributed by atoms with Crippen molar-refractivity contribution in [2.24, 2.45) is 11.8 Å². The van der Waals surface area contributed by atoms with Crippen molar-refractivity contribution >= 4 is 29.9 Å². The largest absolute Gasteiger partial charge is 0.507 e. The second-order valence-electron chi connectivity index (χ2n) is 18.2. The molecule has 0 saturated carbocycles. The number of carbonyl (C=O) groups excluding carboxylic acids is 3. The number of ketones is 1. The fourth-order valence-corrected chi connectivity index (χ4v) is 8.04. The van der Waals surface area contributed by atoms with E-state index in [-0.39, 0.29) is 53.0 Å². The average Bonchev–Trinajstić information content (AvgIpc) is 3.72. The molecule has 2 saturated heterocycles. The third kappa shape index (κ3) is 13.2. The third-order valence-corrected chi connectivity index (χ3v) is 11.9. The molecule has 13 nitrogen and oxygen atoms in total. The average molecular weight is 889 g/mol. The van der Waals surface area contributed by atoms with Crippen molar-refractivity contribution in [2.75, 3.05) is 6.61 Å². The molecule has 4 aliphatic heterocycles. The molecule has 0 radical (unpaired) electrons. The summed E-state index contributed by atoms with van der Waals surface area (Å²) in [6.07, 6.45) is 14.9. The molecule has 0 aliphatic carbocycles. The van der Waals surface area contributed by atoms with Crippen molar-refractivity contribution in [3.8, 4) is 11.5 Å². The summed E-state index contributed by atoms with van der Waals surface area (Å²) in [6, 6.07) is 6.93. The van der Waals surface area contributed by atoms with Gasteiger partial charge in [0.05, 0.1) is 12.2 Å². The van der Waals surface area contributed by atoms with Crippen LogP contribution in [0.25, 0.3) is 12.2 Å². The number of rotatable bonds is 6. The first kappa shape index (κ1) is 50.4. The molecule has 9 atom stereocenters. The Labute approximate surface area is 377 Å². The molecular weight excluding hydrogens is 821 g/mol. The lowest BCUT2D eigenvalue weighted by molar-refractivity contribution is -0.152. The molecule has 0 spiro atoms. The van der Waals surface area contributed by atoms with Crippen LogP contribution >= 0.6 is 0 Å². The van der Waals surface area contributed by atoms with Crippen molar-refractivity contribution in [3.63, 3.8) is 0 Å². The van der Waals surface area contributed by atoms with Crippen LogP contribution in [-0.2, 0) is 46.1 Å². The van der Waals surface area contributed by atoms with Gasteiger partial charge < -0.3 is 48.8 Å². The molecule has 4 heterocycles. The number of phenolic OH excluding ortho intramolecular Hbond substituents is 2. The maximum atomic E-state index is 13.0. The number of aryl methyl sites for hydroxylation is 2. The summed E-state index contributed by atoms with van der Waals surface area (Å²) in [5.41, 5.74) is 3.15. The number of ether oxygens (including phenoxy) is 6. The summed E-state index contributed by atoms with van der Waals surface area (Å²) < 4.78 is 35.1. The number of phenols is 2. The molecule has 0 bridgehead atoms. The van der Waals surface area contributed by atoms with Gasteiger partial charge in [0.25, 0.3) is 0 Å². The Bertz CT molecular complexity index is 2080. The normalized spacial score (nSPS) is 30.7. The maximum absolute atomic E-state index is 13.0. The predicted octanol–water partition coefficient (Wildman–Crippen LogP) is 8.33. The first-order valence-corrected chi connectivity index (χ1v) is 22.6. The summed E-state index contributed by atoms with van der Waals surface area (Å²) in [6.45, 7) is 16.7. The Kier molecular flexibility index (Phi) is 17.3. The highest BCUT2D eigenvalue weighted by Crippen LogP contribution is 2.35. The number of aliphatic hydroxyl groups is 2. The zero-order valence-electron chi connectivity index (χ0n) is 38.7. The number of aromatic hydroxyl groups is 2. The zero-order chi connectivity index (χ0) is 46.9. The fourth-order valence-electron chi connectivity index (χ4n) is 8.04. The molecule has 4 aliphatic rings. The molecule has 13 heteroatoms. The van der Waals surface area contributed by atoms with Crippen molar-refractivity contribution in [3.05, 3.63) is 94.1 Å². The smallest absolute Gasteiger partial charge is 0.342 e. The molecule has 4 N–H and O–H groups in total. The first-order chi connectivity index (χ1) is 30.2. The number of cyclic esters (lactones) is 2. The Balaban J connectivity index is 0.000000241. The number of carbonyl (C=O) groups is 3. The highest BCUT2D eigenvalue weighted by molar-refractivity contribution is 5.98. The van der Waals surface area contributed by atoms with Gasteiger partial charge in [0.15, 0.2) is 17.4 Å². The lowest BCUT2D eigenvalue weighted by Crippen LogP contribution is -2.34. The number of aliphatic hydroxyl groups excluding tert-OH is 2. The van der Waals surface area contributed by atoms with E-state index >= 15 is 0 Å². The van der Waals surface area contributed by atoms with Gasteiger partial charge in [-0.25, -0.2) is 9.59 Å². The van der Waals surface area contributed by atoms with E-state index in [0.29, 0.717) is 36.8 Å². The van der Waals surface area contributed by atoms with E-state index in [1.165, 1.54) is 12.1 Å². The van der Waals surface area contributed by atoms with Gasteiger partial charge in [-0.05, 0) is 121 Å². The van der Waals surface area contributed by atoms with Gasteiger partial charge in [0.2, 0.25) is 0 Å². The second kappa shape index (κ2) is 22.0. The molecule has 1 unspecified atom stereocenters. The summed E-state index contributed by atoms with van der Waals surface area (Å²) in [5.74, 6) is -3.68. The fraction of sp³-hybridized carbons (Fsp3) is 0.549. The van der Waals surface area contributed by atoms with Crippen molar-refractivity contribution < 1.29 is 63.2 Å². The van der Waals surface area contributed by atoms with Crippen molar-refractivity contribution in [1.29, 1.82) is 0 Å². The highest BCUT2D eigenvalue weighted by Gasteiger charge is 2.45. The summed E-state index contributed by atoms with van der Waals surface area (Å²) in [5, 5.41) is 41.2. The number of benzene rings is 2. The Morgan fingerprint density at radius 1 is 0.641 bits per heavy atom. The lowest BCUT2D eigenvalue weighted by Gasteiger charge is -2.22. The van der Waals surface area contributed by atoms with E-state index in [0.717, 1.165) is 30.4 Å². The molecule has 2 aromatic carbocycles. The number of unbranched alkanes of at least 4 members (excludes halogenated alkanes) is 1. The van der Waals surface area contributed by atoms with E-state index in [2.05, 4.69) is 6.92 Å². The van der Waals surface area contributed by atoms with Crippen LogP contribution < -0.4 is 0 Å². The number of hydrogen-bond acceptors (Lipinski definition) is 13. The van der Waals surface area contributed by atoms with E-state index in [4.69, 9.17) is 33.5 Å². The quantitative estimate of drug-likeness (QED) is 0.160. The minimum absolute atomic E-state index is 0.0306. The van der Waals surface area contributed by atoms with Crippen LogP contribution in [0.4, 0.5) is 0 Å². The van der Waals surface area contributed by atoms with Crippen LogP contribution in [0, 0.1) is 11.8 Å². The highest BCUT2D eigenvalue weighted by atomic mass is 16.8. The molecular formula is C51H68O13. The molecule has 6 rings (SSSR count). The van der Waals surface area contributed by atoms with Gasteiger partial charge in [-0.15, -0.1) is 0 Å². The van der Waals surface area contributed by atoms with Crippen LogP contribution in [0.1, 0.15) is 137 Å². The predicted molar refractivity (Wildman–Crippen MR) is 243 cm³/mol. The number of esters is 2. The van der Waals surface area contributed by atoms with Gasteiger partial charge in [-0.2, -0.15) is 0 Å². The number of hydrogen-bond donors (Lipinski definition) is 4. The topological polar surface area (TPSA) is 188 Å². The van der Waals surface area contributed by atoms with Gasteiger partial charge >= 0.3 is 11.9 Å². The molecule has 64 heavy (non-hydrogen) atoms. The summed E-state index contributed by atoms with van der Waals surface area (Å²) >= 11 is 0. The van der Waals surface area contributed by atoms with Gasteiger partial charge in [0, 0.05) is 18.4 Å². The minimum Gasteiger partial charge on any atom is -0.507 e. The minimum atomic E-state index is -0.883. The Morgan fingerprint density at radius 2 is 1.14 bits per heavy atom. The second-order valence-corrected chi connectivity index (χ2v) is 18.2. The maximum Gasteiger partial charge on any atom is 0.342 e. The van der Waals surface area contributed by atoms with Crippen LogP contribution in [0.2, 0.25) is 0 Å². The summed E-state index contributed by atoms with van der Waals surface area (Å²) in [7, 11) is 0. The van der Waals surface area contributed by atoms with Crippen molar-refractivity contribution in [1.82, 2.24) is 0 Å².